The minimum atomic E-state index is -0.671. The van der Waals surface area contributed by atoms with Gasteiger partial charge < -0.3 is 15.4 Å². The maximum atomic E-state index is 11.9. The molecule has 0 aliphatic rings. The average Bonchev–Trinajstić information content (AvgIpc) is 2.57. The Morgan fingerprint density at radius 3 is 2.25 bits per heavy atom. The Morgan fingerprint density at radius 1 is 1.04 bits per heavy atom. The topological polar surface area (TPSA) is 84.5 Å². The fourth-order valence-corrected chi connectivity index (χ4v) is 2.21. The molecule has 0 aliphatic carbocycles. The molecule has 6 heteroatoms. The monoisotopic (exact) mass is 334 g/mol. The minimum absolute atomic E-state index is 0.0339. The van der Waals surface area contributed by atoms with E-state index in [4.69, 9.17) is 4.74 Å². The molecule has 132 valence electrons. The smallest absolute Gasteiger partial charge is 0.328 e. The van der Waals surface area contributed by atoms with Crippen molar-refractivity contribution < 1.29 is 19.1 Å². The summed E-state index contributed by atoms with van der Waals surface area (Å²) in [7, 11) is 1.29. The third-order valence-corrected chi connectivity index (χ3v) is 3.44. The second-order valence-corrected chi connectivity index (χ2v) is 6.04. The lowest BCUT2D eigenvalue weighted by Crippen LogP contribution is -2.42. The Balaban J connectivity index is 2.35. The zero-order valence-electron chi connectivity index (χ0n) is 14.5. The van der Waals surface area contributed by atoms with Crippen molar-refractivity contribution in [3.63, 3.8) is 0 Å². The van der Waals surface area contributed by atoms with Crippen LogP contribution >= 0.6 is 0 Å². The van der Waals surface area contributed by atoms with E-state index in [2.05, 4.69) is 10.6 Å². The number of hydrogen-bond acceptors (Lipinski definition) is 4. The number of amides is 2. The molecule has 1 atom stereocenters. The first-order valence-electron chi connectivity index (χ1n) is 8.10. The zero-order valence-corrected chi connectivity index (χ0v) is 14.5. The van der Waals surface area contributed by atoms with Gasteiger partial charge in [-0.15, -0.1) is 0 Å². The van der Waals surface area contributed by atoms with E-state index in [0.29, 0.717) is 13.0 Å². The van der Waals surface area contributed by atoms with Gasteiger partial charge in [0.15, 0.2) is 0 Å². The van der Waals surface area contributed by atoms with Crippen molar-refractivity contribution in [2.24, 2.45) is 5.92 Å². The van der Waals surface area contributed by atoms with Gasteiger partial charge in [-0.05, 0) is 17.9 Å². The van der Waals surface area contributed by atoms with Gasteiger partial charge in [0.25, 0.3) is 0 Å². The molecule has 2 amide bonds. The molecule has 1 rings (SSSR count). The van der Waals surface area contributed by atoms with Crippen LogP contribution in [-0.4, -0.2) is 30.9 Å². The average molecular weight is 334 g/mol. The fraction of sp³-hybridized carbons (Fsp3) is 0.500. The highest BCUT2D eigenvalue weighted by Gasteiger charge is 2.22. The predicted octanol–water partition coefficient (Wildman–Crippen LogP) is 1.79. The second-order valence-electron chi connectivity index (χ2n) is 6.04. The molecule has 0 aliphatic heterocycles. The summed E-state index contributed by atoms with van der Waals surface area (Å²) in [5.41, 5.74) is 0.998. The summed E-state index contributed by atoms with van der Waals surface area (Å²) in [4.78, 5) is 35.4. The Morgan fingerprint density at radius 2 is 1.67 bits per heavy atom. The molecule has 2 N–H and O–H groups in total. The van der Waals surface area contributed by atoms with E-state index in [0.717, 1.165) is 5.56 Å². The molecule has 0 saturated heterocycles. The summed E-state index contributed by atoms with van der Waals surface area (Å²) in [5.74, 6) is -0.762. The van der Waals surface area contributed by atoms with Gasteiger partial charge in [-0.25, -0.2) is 4.79 Å². The number of rotatable bonds is 9. The summed E-state index contributed by atoms with van der Waals surface area (Å²) in [6, 6.07) is 8.87. The third kappa shape index (κ3) is 7.76. The van der Waals surface area contributed by atoms with E-state index in [-0.39, 0.29) is 30.6 Å². The summed E-state index contributed by atoms with van der Waals surface area (Å²) >= 11 is 0. The van der Waals surface area contributed by atoms with Gasteiger partial charge >= 0.3 is 5.97 Å². The molecule has 0 spiro atoms. The van der Waals surface area contributed by atoms with Crippen LogP contribution in [0.15, 0.2) is 30.3 Å². The van der Waals surface area contributed by atoms with E-state index in [1.165, 1.54) is 7.11 Å². The summed E-state index contributed by atoms with van der Waals surface area (Å²) in [6.45, 7) is 4.34. The van der Waals surface area contributed by atoms with Gasteiger partial charge in [-0.3, -0.25) is 9.59 Å². The van der Waals surface area contributed by atoms with Crippen molar-refractivity contribution in [3.8, 4) is 0 Å². The first-order valence-corrected chi connectivity index (χ1v) is 8.10. The Hall–Kier alpha value is -2.37. The van der Waals surface area contributed by atoms with Crippen LogP contribution in [-0.2, 0) is 25.7 Å². The van der Waals surface area contributed by atoms with E-state index in [1.807, 2.05) is 44.2 Å². The molecule has 0 heterocycles. The second kappa shape index (κ2) is 10.4. The number of benzene rings is 1. The summed E-state index contributed by atoms with van der Waals surface area (Å²) in [5, 5.41) is 5.40. The van der Waals surface area contributed by atoms with Gasteiger partial charge in [-0.2, -0.15) is 0 Å². The number of carbonyl (C=O) groups is 3. The van der Waals surface area contributed by atoms with E-state index in [9.17, 15) is 14.4 Å². The molecule has 0 unspecified atom stereocenters. The summed E-state index contributed by atoms with van der Waals surface area (Å²) < 4.78 is 4.69. The van der Waals surface area contributed by atoms with Crippen molar-refractivity contribution in [3.05, 3.63) is 35.9 Å². The lowest BCUT2D eigenvalue weighted by Gasteiger charge is -2.18. The van der Waals surface area contributed by atoms with Crippen LogP contribution in [0.1, 0.15) is 38.7 Å². The molecule has 1 aromatic rings. The molecule has 1 aromatic carbocycles. The van der Waals surface area contributed by atoms with Gasteiger partial charge in [0.1, 0.15) is 6.04 Å². The van der Waals surface area contributed by atoms with Crippen molar-refractivity contribution in [2.75, 3.05) is 7.11 Å². The molecular weight excluding hydrogens is 308 g/mol. The van der Waals surface area contributed by atoms with Crippen LogP contribution < -0.4 is 10.6 Å². The van der Waals surface area contributed by atoms with Gasteiger partial charge in [0, 0.05) is 19.4 Å². The van der Waals surface area contributed by atoms with Crippen LogP contribution in [0.25, 0.3) is 0 Å². The fourth-order valence-electron chi connectivity index (χ4n) is 2.21. The van der Waals surface area contributed by atoms with Gasteiger partial charge in [-0.1, -0.05) is 44.2 Å². The van der Waals surface area contributed by atoms with Crippen molar-refractivity contribution in [1.82, 2.24) is 10.6 Å². The third-order valence-electron chi connectivity index (χ3n) is 3.44. The number of methoxy groups -OCH3 is 1. The predicted molar refractivity (Wildman–Crippen MR) is 90.9 cm³/mol. The van der Waals surface area contributed by atoms with Gasteiger partial charge in [0.2, 0.25) is 11.8 Å². The first kappa shape index (κ1) is 19.7. The molecule has 0 aromatic heterocycles. The zero-order chi connectivity index (χ0) is 17.9. The number of ether oxygens (including phenoxy) is 1. The largest absolute Gasteiger partial charge is 0.467 e. The highest BCUT2D eigenvalue weighted by atomic mass is 16.5. The highest BCUT2D eigenvalue weighted by molar-refractivity contribution is 5.87. The minimum Gasteiger partial charge on any atom is -0.467 e. The van der Waals surface area contributed by atoms with E-state index < -0.39 is 12.0 Å². The number of carbonyl (C=O) groups excluding carboxylic acids is 3. The van der Waals surface area contributed by atoms with Crippen LogP contribution in [0.3, 0.4) is 0 Å². The highest BCUT2D eigenvalue weighted by Crippen LogP contribution is 2.07. The Bertz CT molecular complexity index is 543. The SMILES string of the molecule is COC(=O)[C@H](CC(C)C)NC(=O)CCC(=O)NCc1ccccc1. The van der Waals surface area contributed by atoms with Crippen molar-refractivity contribution in [2.45, 2.75) is 45.7 Å². The van der Waals surface area contributed by atoms with E-state index in [1.54, 1.807) is 0 Å². The van der Waals surface area contributed by atoms with Crippen LogP contribution in [0.5, 0.6) is 0 Å². The van der Waals surface area contributed by atoms with Gasteiger partial charge in [0.05, 0.1) is 7.11 Å². The standard InChI is InChI=1S/C18H26N2O4/c1-13(2)11-15(18(23)24-3)20-17(22)10-9-16(21)19-12-14-7-5-4-6-8-14/h4-8,13,15H,9-12H2,1-3H3,(H,19,21)(H,20,22)/t15-/m0/s1. The molecule has 0 bridgehead atoms. The Kier molecular flexibility index (Phi) is 8.54. The molecule has 24 heavy (non-hydrogen) atoms. The molecule has 6 nitrogen and oxygen atoms in total. The molecule has 0 saturated carbocycles. The number of hydrogen-bond donors (Lipinski definition) is 2. The van der Waals surface area contributed by atoms with Crippen LogP contribution in [0, 0.1) is 5.92 Å². The quantitative estimate of drug-likeness (QED) is 0.674. The molecule has 0 fully saturated rings. The lowest BCUT2D eigenvalue weighted by atomic mass is 10.0. The maximum absolute atomic E-state index is 11.9. The molecule has 0 radical (unpaired) electrons. The van der Waals surface area contributed by atoms with Crippen LogP contribution in [0.4, 0.5) is 0 Å². The summed E-state index contributed by atoms with van der Waals surface area (Å²) in [6.07, 6.45) is 0.610. The van der Waals surface area contributed by atoms with Crippen molar-refractivity contribution >= 4 is 17.8 Å². The number of nitrogens with one attached hydrogen (secondary N) is 2. The molecular formula is C18H26N2O4. The van der Waals surface area contributed by atoms with Crippen LogP contribution in [0.2, 0.25) is 0 Å². The van der Waals surface area contributed by atoms with E-state index >= 15 is 0 Å². The number of esters is 1. The van der Waals surface area contributed by atoms with Crippen molar-refractivity contribution in [1.29, 1.82) is 0 Å². The Labute approximate surface area is 143 Å². The maximum Gasteiger partial charge on any atom is 0.328 e. The lowest BCUT2D eigenvalue weighted by molar-refractivity contribution is -0.145. The normalized spacial score (nSPS) is 11.7. The first-order chi connectivity index (χ1) is 11.4.